The maximum Gasteiger partial charge on any atom is 0.175 e. The molecule has 0 aromatic carbocycles. The molecule has 4 aliphatic rings. The molecule has 0 aromatic rings. The molecule has 26 heavy (non-hydrogen) atoms. The molecule has 1 fully saturated rings. The number of fused-ring (bicyclic) bond motifs is 1. The van der Waals surface area contributed by atoms with E-state index in [9.17, 15) is 10.5 Å². The normalized spacial score (nSPS) is 36.2. The third-order valence-electron chi connectivity index (χ3n) is 6.21. The van der Waals surface area contributed by atoms with Gasteiger partial charge in [0.15, 0.2) is 4.20 Å². The largest absolute Gasteiger partial charge is 0.386 e. The molecule has 0 amide bonds. The number of unbranched alkanes of at least 4 members (excludes halogenated alkanes) is 2. The maximum absolute atomic E-state index is 10.5. The van der Waals surface area contributed by atoms with Gasteiger partial charge in [-0.3, -0.25) is 0 Å². The molecule has 4 nitrogen and oxygen atoms in total. The molecule has 0 aromatic heterocycles. The summed E-state index contributed by atoms with van der Waals surface area (Å²) < 4.78 is -0.667. The van der Waals surface area contributed by atoms with Gasteiger partial charge in [-0.05, 0) is 37.2 Å². The maximum atomic E-state index is 10.5. The van der Waals surface area contributed by atoms with Gasteiger partial charge in [-0.2, -0.15) is 10.5 Å². The van der Waals surface area contributed by atoms with Gasteiger partial charge in [-0.1, -0.05) is 38.8 Å². The van der Waals surface area contributed by atoms with Crippen molar-refractivity contribution in [3.8, 4) is 12.1 Å². The van der Waals surface area contributed by atoms with Gasteiger partial charge in [0.2, 0.25) is 0 Å². The van der Waals surface area contributed by atoms with Crippen LogP contribution in [-0.2, 0) is 0 Å². The van der Waals surface area contributed by atoms with Crippen LogP contribution >= 0.6 is 23.5 Å². The van der Waals surface area contributed by atoms with E-state index in [4.69, 9.17) is 10.7 Å². The lowest BCUT2D eigenvalue weighted by Crippen LogP contribution is -2.62. The average Bonchev–Trinajstić information content (AvgIpc) is 2.91. The smallest absolute Gasteiger partial charge is 0.175 e. The summed E-state index contributed by atoms with van der Waals surface area (Å²) in [4.78, 5) is 4.97. The van der Waals surface area contributed by atoms with Crippen molar-refractivity contribution in [1.82, 2.24) is 0 Å². The van der Waals surface area contributed by atoms with Crippen LogP contribution in [0.3, 0.4) is 0 Å². The Morgan fingerprint density at radius 2 is 1.65 bits per heavy atom. The Balaban J connectivity index is 2.13. The fraction of sp³-hybridized carbons (Fsp3) is 0.750. The first-order chi connectivity index (χ1) is 12.6. The van der Waals surface area contributed by atoms with Crippen LogP contribution in [0.4, 0.5) is 0 Å². The number of nitrogens with two attached hydrogens (primary N) is 1. The summed E-state index contributed by atoms with van der Waals surface area (Å²) in [6.07, 6.45) is 10.6. The lowest BCUT2D eigenvalue weighted by Gasteiger charge is -2.56. The molecule has 4 rings (SSSR count). The highest BCUT2D eigenvalue weighted by molar-refractivity contribution is 8.18. The molecule has 0 radical (unpaired) electrons. The number of nitrogens with zero attached hydrogens (tertiary/aromatic N) is 3. The van der Waals surface area contributed by atoms with E-state index in [1.807, 2.05) is 0 Å². The zero-order valence-electron chi connectivity index (χ0n) is 15.7. The molecule has 3 aliphatic carbocycles. The second kappa shape index (κ2) is 7.49. The first kappa shape index (κ1) is 19.6. The molecule has 0 spiro atoms. The van der Waals surface area contributed by atoms with Crippen molar-refractivity contribution in [1.29, 1.82) is 10.5 Å². The summed E-state index contributed by atoms with van der Waals surface area (Å²) in [6.45, 7) is 4.35. The fourth-order valence-corrected chi connectivity index (χ4v) is 8.60. The van der Waals surface area contributed by atoms with Crippen LogP contribution in [0.25, 0.3) is 0 Å². The molecular weight excluding hydrogens is 360 g/mol. The van der Waals surface area contributed by atoms with Crippen molar-refractivity contribution in [2.24, 2.45) is 33.4 Å². The van der Waals surface area contributed by atoms with Gasteiger partial charge in [0.25, 0.3) is 0 Å². The minimum Gasteiger partial charge on any atom is -0.386 e. The standard InChI is InChI=1S/C20H28N4S2/c1-3-5-11-25-20(26-12-6-4-2)19(14-22)16-9-7-15(8-10-16)18(19,13-21)17(23)24-20/h7,9,15-16H,3-6,8,10-12H2,1-2H3,(H2,23,24)/t15-,16-,18-,19-/m1/s1. The molecule has 6 heteroatoms. The minimum absolute atomic E-state index is 0.00123. The van der Waals surface area contributed by atoms with E-state index in [-0.39, 0.29) is 11.8 Å². The summed E-state index contributed by atoms with van der Waals surface area (Å²) >= 11 is 3.52. The first-order valence-corrected chi connectivity index (χ1v) is 11.7. The van der Waals surface area contributed by atoms with Crippen LogP contribution in [0.15, 0.2) is 17.1 Å². The number of rotatable bonds is 8. The Labute approximate surface area is 165 Å². The number of hydrogen-bond acceptors (Lipinski definition) is 6. The molecular formula is C20H28N4S2. The highest BCUT2D eigenvalue weighted by atomic mass is 32.2. The zero-order chi connectivity index (χ0) is 18.8. The molecule has 1 aliphatic heterocycles. The molecule has 140 valence electrons. The molecule has 0 unspecified atom stereocenters. The highest BCUT2D eigenvalue weighted by Gasteiger charge is 2.78. The van der Waals surface area contributed by atoms with Crippen LogP contribution in [0.5, 0.6) is 0 Å². The van der Waals surface area contributed by atoms with E-state index in [0.717, 1.165) is 50.0 Å². The van der Waals surface area contributed by atoms with Gasteiger partial charge in [-0.25, -0.2) is 4.99 Å². The quantitative estimate of drug-likeness (QED) is 0.370. The number of amidine groups is 1. The minimum atomic E-state index is -0.974. The van der Waals surface area contributed by atoms with E-state index < -0.39 is 15.0 Å². The van der Waals surface area contributed by atoms with Crippen LogP contribution in [-0.4, -0.2) is 21.5 Å². The van der Waals surface area contributed by atoms with Gasteiger partial charge in [0.05, 0.1) is 12.1 Å². The van der Waals surface area contributed by atoms with Crippen LogP contribution in [0.1, 0.15) is 52.4 Å². The van der Waals surface area contributed by atoms with Crippen molar-refractivity contribution in [3.05, 3.63) is 12.2 Å². The van der Waals surface area contributed by atoms with E-state index in [0.29, 0.717) is 5.84 Å². The molecule has 2 N–H and O–H groups in total. The van der Waals surface area contributed by atoms with E-state index in [1.165, 1.54) is 0 Å². The molecule has 4 atom stereocenters. The Morgan fingerprint density at radius 1 is 1.08 bits per heavy atom. The summed E-state index contributed by atoms with van der Waals surface area (Å²) in [5, 5.41) is 20.8. The topological polar surface area (TPSA) is 86.0 Å². The van der Waals surface area contributed by atoms with Gasteiger partial charge in [0.1, 0.15) is 16.7 Å². The average molecular weight is 389 g/mol. The first-order valence-electron chi connectivity index (χ1n) is 9.73. The Morgan fingerprint density at radius 3 is 2.12 bits per heavy atom. The van der Waals surface area contributed by atoms with E-state index in [2.05, 4.69) is 38.1 Å². The summed E-state index contributed by atoms with van der Waals surface area (Å²) in [6, 6.07) is 5.20. The Kier molecular flexibility index (Phi) is 5.66. The van der Waals surface area contributed by atoms with Gasteiger partial charge < -0.3 is 5.73 Å². The summed E-state index contributed by atoms with van der Waals surface area (Å²) in [5.41, 5.74) is 4.64. The zero-order valence-corrected chi connectivity index (χ0v) is 17.3. The Bertz CT molecular complexity index is 679. The number of allylic oxidation sites excluding steroid dienone is 2. The third kappa shape index (κ3) is 2.38. The fourth-order valence-electron chi connectivity index (χ4n) is 4.85. The van der Waals surface area contributed by atoms with Gasteiger partial charge >= 0.3 is 0 Å². The van der Waals surface area contributed by atoms with Crippen molar-refractivity contribution in [2.75, 3.05) is 11.5 Å². The second-order valence-electron chi connectivity index (χ2n) is 7.50. The van der Waals surface area contributed by atoms with Crippen molar-refractivity contribution in [3.63, 3.8) is 0 Å². The molecule has 1 saturated carbocycles. The Hall–Kier alpha value is -1.11. The van der Waals surface area contributed by atoms with Crippen LogP contribution in [0.2, 0.25) is 0 Å². The number of thioether (sulfide) groups is 2. The van der Waals surface area contributed by atoms with Crippen molar-refractivity contribution < 1.29 is 0 Å². The van der Waals surface area contributed by atoms with E-state index >= 15 is 0 Å². The monoisotopic (exact) mass is 388 g/mol. The predicted molar refractivity (Wildman–Crippen MR) is 111 cm³/mol. The number of aliphatic imine (C=N–C) groups is 1. The van der Waals surface area contributed by atoms with Crippen LogP contribution in [0, 0.1) is 45.3 Å². The van der Waals surface area contributed by atoms with Crippen LogP contribution < -0.4 is 5.73 Å². The number of nitriles is 2. The lowest BCUT2D eigenvalue weighted by molar-refractivity contribution is 0.0566. The lowest BCUT2D eigenvalue weighted by atomic mass is 9.46. The molecule has 1 heterocycles. The predicted octanol–water partition coefficient (Wildman–Crippen LogP) is 4.69. The van der Waals surface area contributed by atoms with Crippen molar-refractivity contribution in [2.45, 2.75) is 56.6 Å². The summed E-state index contributed by atoms with van der Waals surface area (Å²) in [5.74, 6) is 2.33. The molecule has 0 saturated heterocycles. The number of hydrogen-bond donors (Lipinski definition) is 1. The SMILES string of the molecule is CCCCSC1(SCCCC)N=C(N)[C@@]2(C#N)[C@@H]3C=C[C@H](CC3)[C@@]12C#N. The van der Waals surface area contributed by atoms with E-state index in [1.54, 1.807) is 23.5 Å². The summed E-state index contributed by atoms with van der Waals surface area (Å²) in [7, 11) is 0. The third-order valence-corrected chi connectivity index (χ3v) is 9.51. The molecule has 2 bridgehead atoms. The van der Waals surface area contributed by atoms with Crippen molar-refractivity contribution >= 4 is 29.4 Å². The highest BCUT2D eigenvalue weighted by Crippen LogP contribution is 2.73. The van der Waals surface area contributed by atoms with Gasteiger partial charge in [-0.15, -0.1) is 23.5 Å². The van der Waals surface area contributed by atoms with Gasteiger partial charge in [0, 0.05) is 11.8 Å². The second-order valence-corrected chi connectivity index (χ2v) is 10.3.